The van der Waals surface area contributed by atoms with E-state index in [1.807, 2.05) is 21.1 Å². The lowest BCUT2D eigenvalue weighted by Gasteiger charge is -2.27. The third-order valence-electron chi connectivity index (χ3n) is 2.89. The third kappa shape index (κ3) is 22.2. The molecule has 0 aliphatic rings. The van der Waals surface area contributed by atoms with Crippen LogP contribution < -0.4 is 4.89 Å². The van der Waals surface area contributed by atoms with E-state index in [1.54, 1.807) is 13.8 Å². The summed E-state index contributed by atoms with van der Waals surface area (Å²) in [6.45, 7) is 4.92. The summed E-state index contributed by atoms with van der Waals surface area (Å²) in [6.07, 6.45) is -0.441. The van der Waals surface area contributed by atoms with E-state index in [9.17, 15) is 14.0 Å². The van der Waals surface area contributed by atoms with Crippen molar-refractivity contribution in [1.82, 2.24) is 0 Å². The van der Waals surface area contributed by atoms with Gasteiger partial charge in [-0.05, 0) is 12.8 Å². The molecule has 4 unspecified atom stereocenters. The van der Waals surface area contributed by atoms with E-state index in [-0.39, 0.29) is 19.8 Å². The molecule has 0 aromatic heterocycles. The van der Waals surface area contributed by atoms with E-state index in [4.69, 9.17) is 15.1 Å². The average molecular weight is 423 g/mol. The van der Waals surface area contributed by atoms with Gasteiger partial charge in [0.05, 0.1) is 46.6 Å². The Labute approximate surface area is 156 Å². The molecule has 12 heteroatoms. The van der Waals surface area contributed by atoms with Crippen LogP contribution in [0.4, 0.5) is 0 Å². The maximum Gasteiger partial charge on any atom is 0.325 e. The van der Waals surface area contributed by atoms with Crippen molar-refractivity contribution in [1.29, 1.82) is 0 Å². The normalized spacial score (nSPS) is 18.8. The first-order valence-electron chi connectivity index (χ1n) is 8.33. The summed E-state index contributed by atoms with van der Waals surface area (Å²) in [4.78, 5) is 19.8. The Balaban J connectivity index is 0. The van der Waals surface area contributed by atoms with Crippen LogP contribution >= 0.6 is 15.4 Å². The molecule has 26 heavy (non-hydrogen) atoms. The van der Waals surface area contributed by atoms with Gasteiger partial charge >= 0.3 is 7.60 Å². The molecule has 0 spiro atoms. The van der Waals surface area contributed by atoms with Crippen LogP contribution in [0.15, 0.2) is 0 Å². The molecule has 10 nitrogen and oxygen atoms in total. The van der Waals surface area contributed by atoms with Gasteiger partial charge < -0.3 is 38.1 Å². The fourth-order valence-corrected chi connectivity index (χ4v) is 2.28. The lowest BCUT2D eigenvalue weighted by Crippen LogP contribution is -2.37. The molecular weight excluding hydrogens is 388 g/mol. The monoisotopic (exact) mass is 423 g/mol. The number of hydrogen-bond donors (Lipinski definition) is 3. The Kier molecular flexibility index (Phi) is 14.5. The molecule has 0 aromatic rings. The zero-order valence-corrected chi connectivity index (χ0v) is 18.3. The fraction of sp³-hybridized carbons (Fsp3) is 1.00. The van der Waals surface area contributed by atoms with Gasteiger partial charge in [0, 0.05) is 6.66 Å². The summed E-state index contributed by atoms with van der Waals surface area (Å²) < 4.78 is 35.9. The quantitative estimate of drug-likeness (QED) is 0.303. The Bertz CT molecular complexity index is 450. The first kappa shape index (κ1) is 28.4. The summed E-state index contributed by atoms with van der Waals surface area (Å²) in [7, 11) is -1.86. The van der Waals surface area contributed by atoms with Gasteiger partial charge in [-0.3, -0.25) is 9.13 Å². The van der Waals surface area contributed by atoms with Crippen LogP contribution in [0, 0.1) is 0 Å². The molecule has 0 bridgehead atoms. The van der Waals surface area contributed by atoms with Crippen LogP contribution in [-0.2, 0) is 22.7 Å². The zero-order valence-electron chi connectivity index (χ0n) is 16.5. The largest absolute Gasteiger partial charge is 0.756 e. The first-order valence-corrected chi connectivity index (χ1v) is 11.8. The smallest absolute Gasteiger partial charge is 0.325 e. The summed E-state index contributed by atoms with van der Waals surface area (Å²) >= 11 is 0. The lowest BCUT2D eigenvalue weighted by molar-refractivity contribution is -0.870. The van der Waals surface area contributed by atoms with E-state index in [2.05, 4.69) is 13.6 Å². The molecular formula is C14H35NO9P2. The highest BCUT2D eigenvalue weighted by Gasteiger charge is 2.15. The zero-order chi connectivity index (χ0) is 21.0. The molecule has 0 rings (SSSR count). The number of hydrogen-bond acceptors (Lipinski definition) is 8. The minimum atomic E-state index is -4.27. The van der Waals surface area contributed by atoms with Gasteiger partial charge in [-0.1, -0.05) is 13.8 Å². The summed E-state index contributed by atoms with van der Waals surface area (Å²) in [6, 6.07) is 0. The molecule has 0 saturated carbocycles. The molecule has 0 fully saturated rings. The van der Waals surface area contributed by atoms with Gasteiger partial charge in [-0.2, -0.15) is 0 Å². The molecule has 160 valence electrons. The average Bonchev–Trinajstić information content (AvgIpc) is 2.48. The summed E-state index contributed by atoms with van der Waals surface area (Å²) in [5, 5.41) is 18.0. The molecule has 0 aliphatic carbocycles. The number of nitrogens with zero attached hydrogens (tertiary/aromatic N) is 1. The maximum absolute atomic E-state index is 11.2. The molecule has 0 amide bonds. The number of aliphatic hydroxyl groups is 2. The predicted octanol–water partition coefficient (Wildman–Crippen LogP) is 0.554. The molecule has 3 N–H and O–H groups in total. The topological polar surface area (TPSA) is 146 Å². The van der Waals surface area contributed by atoms with Crippen molar-refractivity contribution < 1.29 is 47.2 Å². The van der Waals surface area contributed by atoms with Gasteiger partial charge in [0.2, 0.25) is 0 Å². The van der Waals surface area contributed by atoms with E-state index in [0.717, 1.165) is 6.66 Å². The number of phosphoric acid groups is 1. The summed E-state index contributed by atoms with van der Waals surface area (Å²) in [5.41, 5.74) is 0. The Hall–Kier alpha value is 0.140. The van der Waals surface area contributed by atoms with Gasteiger partial charge in [0.1, 0.15) is 13.2 Å². The minimum Gasteiger partial charge on any atom is -0.756 e. The van der Waals surface area contributed by atoms with Crippen molar-refractivity contribution in [2.24, 2.45) is 0 Å². The number of quaternary nitrogens is 1. The van der Waals surface area contributed by atoms with Crippen LogP contribution in [0.25, 0.3) is 0 Å². The van der Waals surface area contributed by atoms with Crippen molar-refractivity contribution in [3.05, 3.63) is 0 Å². The molecule has 0 saturated heterocycles. The van der Waals surface area contributed by atoms with Crippen molar-refractivity contribution in [2.75, 3.05) is 54.2 Å². The molecule has 4 atom stereocenters. The number of phosphoric ester groups is 1. The van der Waals surface area contributed by atoms with Crippen LogP contribution in [0.1, 0.15) is 26.7 Å². The standard InChI is InChI=1S/C9H22NO5P.C5H13O4P/c1-5-9(11)8-15-16(12,13)14-7-6-10(2,3)4;1-3-5(6)4-9-10(2,7)8/h9,11H,5-8H2,1-4H3;5-6H,3-4H2,1-2H3,(H,7,8). The van der Waals surface area contributed by atoms with E-state index in [0.29, 0.717) is 23.9 Å². The number of aliphatic hydroxyl groups excluding tert-OH is 2. The molecule has 0 heterocycles. The highest BCUT2D eigenvalue weighted by molar-refractivity contribution is 7.51. The van der Waals surface area contributed by atoms with Crippen LogP contribution in [0.2, 0.25) is 0 Å². The lowest BCUT2D eigenvalue weighted by atomic mass is 10.3. The van der Waals surface area contributed by atoms with E-state index in [1.165, 1.54) is 0 Å². The Morgan fingerprint density at radius 3 is 1.73 bits per heavy atom. The van der Waals surface area contributed by atoms with Crippen LogP contribution in [-0.4, -0.2) is 86.0 Å². The van der Waals surface area contributed by atoms with Crippen LogP contribution in [0.5, 0.6) is 0 Å². The predicted molar refractivity (Wildman–Crippen MR) is 96.7 cm³/mol. The fourth-order valence-electron chi connectivity index (χ4n) is 1.10. The third-order valence-corrected chi connectivity index (χ3v) is 4.48. The number of rotatable bonds is 12. The SMILES string of the molecule is CCC(O)COP(=O)([O-])OCC[N+](C)(C)C.CCC(O)COP(C)(=O)O. The highest BCUT2D eigenvalue weighted by Crippen LogP contribution is 2.38. The van der Waals surface area contributed by atoms with Gasteiger partial charge in [0.15, 0.2) is 0 Å². The van der Waals surface area contributed by atoms with Crippen molar-refractivity contribution in [3.63, 3.8) is 0 Å². The van der Waals surface area contributed by atoms with Gasteiger partial charge in [-0.25, -0.2) is 0 Å². The highest BCUT2D eigenvalue weighted by atomic mass is 31.2. The van der Waals surface area contributed by atoms with Crippen molar-refractivity contribution in [2.45, 2.75) is 38.9 Å². The minimum absolute atomic E-state index is 0.0687. The summed E-state index contributed by atoms with van der Waals surface area (Å²) in [5.74, 6) is 0. The van der Waals surface area contributed by atoms with Gasteiger partial charge in [-0.15, -0.1) is 0 Å². The second-order valence-corrected chi connectivity index (χ2v) is 10.1. The van der Waals surface area contributed by atoms with Gasteiger partial charge in [0.25, 0.3) is 7.82 Å². The Morgan fingerprint density at radius 1 is 0.962 bits per heavy atom. The number of likely N-dealkylation sites (N-methyl/N-ethyl adjacent to an activating group) is 1. The van der Waals surface area contributed by atoms with Crippen molar-refractivity contribution in [3.8, 4) is 0 Å². The van der Waals surface area contributed by atoms with Crippen LogP contribution in [0.3, 0.4) is 0 Å². The first-order chi connectivity index (χ1) is 11.6. The maximum atomic E-state index is 11.2. The van der Waals surface area contributed by atoms with E-state index >= 15 is 0 Å². The van der Waals surface area contributed by atoms with E-state index < -0.39 is 27.6 Å². The second kappa shape index (κ2) is 13.3. The molecule has 0 aromatic carbocycles. The molecule has 0 aliphatic heterocycles. The second-order valence-electron chi connectivity index (χ2n) is 6.81. The Morgan fingerprint density at radius 2 is 1.38 bits per heavy atom. The molecule has 0 radical (unpaired) electrons. The van der Waals surface area contributed by atoms with Crippen molar-refractivity contribution >= 4 is 15.4 Å².